The van der Waals surface area contributed by atoms with Gasteiger partial charge < -0.3 is 4.74 Å². The average molecular weight is 458 g/mol. The topological polar surface area (TPSA) is 130 Å². The maximum atomic E-state index is 12.4. The molecular weight excluding hydrogens is 434 g/mol. The van der Waals surface area contributed by atoms with Gasteiger partial charge in [-0.05, 0) is 24.1 Å². The molecule has 30 heavy (non-hydrogen) atoms. The maximum absolute atomic E-state index is 12.4. The molecule has 0 radical (unpaired) electrons. The van der Waals surface area contributed by atoms with E-state index >= 15 is 0 Å². The van der Waals surface area contributed by atoms with E-state index in [-0.39, 0.29) is 53.9 Å². The maximum Gasteiger partial charge on any atom is 0.354 e. The molecule has 0 saturated carbocycles. The number of amides is 1. The van der Waals surface area contributed by atoms with Gasteiger partial charge in [-0.1, -0.05) is 12.1 Å². The predicted molar refractivity (Wildman–Crippen MR) is 108 cm³/mol. The van der Waals surface area contributed by atoms with Crippen molar-refractivity contribution in [2.24, 2.45) is 5.10 Å². The molecule has 3 rings (SSSR count). The van der Waals surface area contributed by atoms with Gasteiger partial charge in [-0.25, -0.2) is 30.9 Å². The fourth-order valence-corrected chi connectivity index (χ4v) is 5.88. The monoisotopic (exact) mass is 457 g/mol. The fraction of sp³-hybridized carbons (Fsp3) is 0.500. The van der Waals surface area contributed by atoms with Crippen LogP contribution in [0.4, 0.5) is 0 Å². The van der Waals surface area contributed by atoms with Crippen molar-refractivity contribution in [1.82, 2.24) is 9.31 Å². The lowest BCUT2D eigenvalue weighted by Gasteiger charge is -2.27. The van der Waals surface area contributed by atoms with Crippen LogP contribution in [0.2, 0.25) is 0 Å². The minimum absolute atomic E-state index is 0.0110. The second-order valence-electron chi connectivity index (χ2n) is 7.35. The van der Waals surface area contributed by atoms with E-state index in [4.69, 9.17) is 4.74 Å². The number of benzene rings is 1. The molecule has 0 aromatic heterocycles. The Morgan fingerprint density at radius 3 is 2.67 bits per heavy atom. The summed E-state index contributed by atoms with van der Waals surface area (Å²) >= 11 is 0. The summed E-state index contributed by atoms with van der Waals surface area (Å²) in [5.41, 5.74) is 0.522. The number of hydrogen-bond donors (Lipinski definition) is 0. The van der Waals surface area contributed by atoms with Crippen LogP contribution in [0.15, 0.2) is 34.3 Å². The summed E-state index contributed by atoms with van der Waals surface area (Å²) in [4.78, 5) is 24.6. The normalized spacial score (nSPS) is 21.6. The molecule has 1 amide bonds. The zero-order valence-corrected chi connectivity index (χ0v) is 18.3. The second-order valence-corrected chi connectivity index (χ2v) is 11.7. The molecule has 2 aliphatic rings. The van der Waals surface area contributed by atoms with E-state index < -0.39 is 31.9 Å². The van der Waals surface area contributed by atoms with Crippen LogP contribution in [0.25, 0.3) is 0 Å². The number of hydrogen-bond acceptors (Lipinski definition) is 8. The third-order valence-corrected chi connectivity index (χ3v) is 8.46. The van der Waals surface area contributed by atoms with E-state index in [0.717, 1.165) is 9.31 Å². The molecule has 164 valence electrons. The first kappa shape index (κ1) is 22.4. The number of nitrogens with zero attached hydrogens (tertiary/aromatic N) is 3. The van der Waals surface area contributed by atoms with Crippen molar-refractivity contribution < 1.29 is 31.2 Å². The van der Waals surface area contributed by atoms with Gasteiger partial charge in [-0.15, -0.1) is 0 Å². The summed E-state index contributed by atoms with van der Waals surface area (Å²) in [6.45, 7) is -0.166. The predicted octanol–water partition coefficient (Wildman–Crippen LogP) is 0.146. The molecule has 0 N–H and O–H groups in total. The van der Waals surface area contributed by atoms with Gasteiger partial charge >= 0.3 is 5.97 Å². The Kier molecular flexibility index (Phi) is 6.29. The summed E-state index contributed by atoms with van der Waals surface area (Å²) < 4.78 is 54.2. The van der Waals surface area contributed by atoms with Gasteiger partial charge in [-0.2, -0.15) is 5.10 Å². The molecule has 1 aromatic carbocycles. The Labute approximate surface area is 175 Å². The Hall–Kier alpha value is -2.31. The van der Waals surface area contributed by atoms with Gasteiger partial charge in [0.1, 0.15) is 12.3 Å². The van der Waals surface area contributed by atoms with Crippen LogP contribution in [0.1, 0.15) is 24.8 Å². The lowest BCUT2D eigenvalue weighted by molar-refractivity contribution is -0.138. The Morgan fingerprint density at radius 2 is 2.03 bits per heavy atom. The van der Waals surface area contributed by atoms with Crippen LogP contribution >= 0.6 is 0 Å². The third kappa shape index (κ3) is 4.87. The quantitative estimate of drug-likeness (QED) is 0.556. The summed E-state index contributed by atoms with van der Waals surface area (Å²) in [5.74, 6) is -1.23. The Bertz CT molecular complexity index is 1090. The molecular formula is C18H23N3O7S2. The number of hydrazone groups is 1. The number of sulfonamides is 1. The van der Waals surface area contributed by atoms with Crippen LogP contribution in [-0.4, -0.2) is 75.4 Å². The number of sulfone groups is 1. The molecule has 10 nitrogen and oxygen atoms in total. The number of esters is 1. The van der Waals surface area contributed by atoms with E-state index in [1.54, 1.807) is 12.1 Å². The molecule has 0 bridgehead atoms. The van der Waals surface area contributed by atoms with Crippen molar-refractivity contribution in [1.29, 1.82) is 0 Å². The average Bonchev–Trinajstić information content (AvgIpc) is 3.06. The smallest absolute Gasteiger partial charge is 0.354 e. The Balaban J connectivity index is 1.69. The molecule has 2 aliphatic heterocycles. The summed E-state index contributed by atoms with van der Waals surface area (Å²) in [7, 11) is -3.98. The molecule has 1 saturated heterocycles. The van der Waals surface area contributed by atoms with E-state index in [1.807, 2.05) is 0 Å². The molecule has 1 unspecified atom stereocenters. The first-order valence-electron chi connectivity index (χ1n) is 9.28. The molecule has 1 fully saturated rings. The summed E-state index contributed by atoms with van der Waals surface area (Å²) in [5, 5.41) is 5.15. The summed E-state index contributed by atoms with van der Waals surface area (Å²) in [6.07, 6.45) is 0.427. The van der Waals surface area contributed by atoms with Crippen LogP contribution in [0.3, 0.4) is 0 Å². The van der Waals surface area contributed by atoms with Gasteiger partial charge in [0.25, 0.3) is 0 Å². The zero-order chi connectivity index (χ0) is 22.1. The van der Waals surface area contributed by atoms with Gasteiger partial charge in [0.05, 0.1) is 22.4 Å². The van der Waals surface area contributed by atoms with E-state index in [9.17, 15) is 26.4 Å². The van der Waals surface area contributed by atoms with Gasteiger partial charge in [0.2, 0.25) is 15.9 Å². The van der Waals surface area contributed by atoms with E-state index in [1.165, 1.54) is 26.2 Å². The highest BCUT2D eigenvalue weighted by Gasteiger charge is 2.37. The molecule has 1 atom stereocenters. The van der Waals surface area contributed by atoms with Gasteiger partial charge in [0, 0.05) is 26.9 Å². The summed E-state index contributed by atoms with van der Waals surface area (Å²) in [6, 6.07) is 5.48. The first-order valence-corrected chi connectivity index (χ1v) is 12.5. The van der Waals surface area contributed by atoms with Crippen molar-refractivity contribution in [3.05, 3.63) is 29.8 Å². The van der Waals surface area contributed by atoms with Gasteiger partial charge in [0.15, 0.2) is 9.84 Å². The number of ether oxygens (including phenoxy) is 1. The highest BCUT2D eigenvalue weighted by atomic mass is 32.2. The van der Waals surface area contributed by atoms with E-state index in [0.29, 0.717) is 5.56 Å². The van der Waals surface area contributed by atoms with Crippen LogP contribution in [0, 0.1) is 0 Å². The Morgan fingerprint density at radius 1 is 1.30 bits per heavy atom. The highest BCUT2D eigenvalue weighted by Crippen LogP contribution is 2.22. The lowest BCUT2D eigenvalue weighted by atomic mass is 10.1. The molecule has 12 heteroatoms. The lowest BCUT2D eigenvalue weighted by Crippen LogP contribution is -2.42. The fourth-order valence-electron chi connectivity index (χ4n) is 3.21. The second kappa shape index (κ2) is 8.44. The third-order valence-electron chi connectivity index (χ3n) is 4.90. The van der Waals surface area contributed by atoms with Crippen molar-refractivity contribution in [2.75, 3.05) is 25.6 Å². The molecule has 2 heterocycles. The standard InChI is InChI=1S/C18H23N3O7S2/c1-20(2)30(26,27)15-5-3-4-13(10-15)11-28-18(23)16-6-7-17(22)21(19-16)14-8-9-29(24,25)12-14/h3-5,10,14H,6-9,11-12H2,1-2H3. The minimum Gasteiger partial charge on any atom is -0.456 e. The number of rotatable bonds is 6. The van der Waals surface area contributed by atoms with Crippen molar-refractivity contribution in [3.63, 3.8) is 0 Å². The molecule has 0 spiro atoms. The molecule has 0 aliphatic carbocycles. The first-order chi connectivity index (χ1) is 14.0. The minimum atomic E-state index is -3.62. The van der Waals surface area contributed by atoms with Crippen LogP contribution < -0.4 is 0 Å². The highest BCUT2D eigenvalue weighted by molar-refractivity contribution is 7.91. The van der Waals surface area contributed by atoms with Gasteiger partial charge in [-0.3, -0.25) is 4.79 Å². The van der Waals surface area contributed by atoms with Crippen LogP contribution in [-0.2, 0) is 40.8 Å². The van der Waals surface area contributed by atoms with Crippen LogP contribution in [0.5, 0.6) is 0 Å². The van der Waals surface area contributed by atoms with Crippen molar-refractivity contribution in [2.45, 2.75) is 36.8 Å². The largest absolute Gasteiger partial charge is 0.456 e. The number of carbonyl (C=O) groups is 2. The van der Waals surface area contributed by atoms with Crippen molar-refractivity contribution >= 4 is 37.4 Å². The van der Waals surface area contributed by atoms with Crippen molar-refractivity contribution in [3.8, 4) is 0 Å². The molecule has 1 aromatic rings. The van der Waals surface area contributed by atoms with E-state index in [2.05, 4.69) is 5.10 Å². The number of carbonyl (C=O) groups excluding carboxylic acids is 2. The SMILES string of the molecule is CN(C)S(=O)(=O)c1cccc(COC(=O)C2=NN(C3CCS(=O)(=O)C3)C(=O)CC2)c1. The zero-order valence-electron chi connectivity index (χ0n) is 16.6.